The molecule has 0 aliphatic heterocycles. The van der Waals surface area contributed by atoms with Crippen LogP contribution in [-0.2, 0) is 6.54 Å². The van der Waals surface area contributed by atoms with Crippen LogP contribution in [0.15, 0.2) is 45.8 Å². The topological polar surface area (TPSA) is 55.4 Å². The first-order chi connectivity index (χ1) is 6.86. The third kappa shape index (κ3) is 1.85. The van der Waals surface area contributed by atoms with E-state index in [0.717, 1.165) is 5.56 Å². The molecule has 0 aromatic carbocycles. The van der Waals surface area contributed by atoms with Crippen LogP contribution in [-0.4, -0.2) is 5.91 Å². The average Bonchev–Trinajstić information content (AvgIpc) is 2.87. The summed E-state index contributed by atoms with van der Waals surface area (Å²) in [6.07, 6.45) is 4.61. The van der Waals surface area contributed by atoms with Crippen LogP contribution in [0, 0.1) is 0 Å². The number of hydrogen-bond donors (Lipinski definition) is 1. The SMILES string of the molecule is O=C(NCc1ccoc1)c1ccco1. The minimum absolute atomic E-state index is 0.226. The molecule has 2 aromatic rings. The van der Waals surface area contributed by atoms with Gasteiger partial charge in [-0.15, -0.1) is 0 Å². The summed E-state index contributed by atoms with van der Waals surface area (Å²) in [5.41, 5.74) is 0.921. The van der Waals surface area contributed by atoms with Crippen LogP contribution in [0.2, 0.25) is 0 Å². The predicted molar refractivity (Wildman–Crippen MR) is 48.6 cm³/mol. The molecule has 2 aromatic heterocycles. The Hall–Kier alpha value is -1.97. The van der Waals surface area contributed by atoms with Gasteiger partial charge in [0.1, 0.15) is 0 Å². The van der Waals surface area contributed by atoms with Gasteiger partial charge in [0.25, 0.3) is 5.91 Å². The van der Waals surface area contributed by atoms with Crippen molar-refractivity contribution in [1.29, 1.82) is 0 Å². The fourth-order valence-corrected chi connectivity index (χ4v) is 1.07. The van der Waals surface area contributed by atoms with Crippen molar-refractivity contribution in [2.45, 2.75) is 6.54 Å². The molecule has 2 heterocycles. The molecule has 1 N–H and O–H groups in total. The first kappa shape index (κ1) is 8.62. The predicted octanol–water partition coefficient (Wildman–Crippen LogP) is 1.80. The lowest BCUT2D eigenvalue weighted by Crippen LogP contribution is -2.21. The molecule has 0 saturated carbocycles. The molecular weight excluding hydrogens is 182 g/mol. The van der Waals surface area contributed by atoms with E-state index in [1.807, 2.05) is 0 Å². The van der Waals surface area contributed by atoms with E-state index in [1.54, 1.807) is 30.7 Å². The second kappa shape index (κ2) is 3.83. The van der Waals surface area contributed by atoms with Crippen LogP contribution in [0.4, 0.5) is 0 Å². The van der Waals surface area contributed by atoms with Gasteiger partial charge >= 0.3 is 0 Å². The van der Waals surface area contributed by atoms with Crippen LogP contribution >= 0.6 is 0 Å². The van der Waals surface area contributed by atoms with Gasteiger partial charge in [0.05, 0.1) is 18.8 Å². The number of rotatable bonds is 3. The van der Waals surface area contributed by atoms with Crippen LogP contribution in [0.1, 0.15) is 16.1 Å². The van der Waals surface area contributed by atoms with E-state index in [1.165, 1.54) is 6.26 Å². The number of carbonyl (C=O) groups excluding carboxylic acids is 1. The summed E-state index contributed by atoms with van der Waals surface area (Å²) in [6, 6.07) is 5.08. The van der Waals surface area contributed by atoms with E-state index in [4.69, 9.17) is 8.83 Å². The van der Waals surface area contributed by atoms with Crippen LogP contribution in [0.3, 0.4) is 0 Å². The molecule has 4 heteroatoms. The molecule has 1 amide bonds. The van der Waals surface area contributed by atoms with E-state index in [9.17, 15) is 4.79 Å². The summed E-state index contributed by atoms with van der Waals surface area (Å²) in [7, 11) is 0. The lowest BCUT2D eigenvalue weighted by Gasteiger charge is -1.99. The zero-order chi connectivity index (χ0) is 9.80. The van der Waals surface area contributed by atoms with E-state index >= 15 is 0 Å². The van der Waals surface area contributed by atoms with Crippen molar-refractivity contribution in [3.8, 4) is 0 Å². The van der Waals surface area contributed by atoms with E-state index in [-0.39, 0.29) is 5.91 Å². The normalized spacial score (nSPS) is 10.0. The van der Waals surface area contributed by atoms with Crippen molar-refractivity contribution in [3.05, 3.63) is 48.3 Å². The van der Waals surface area contributed by atoms with E-state index < -0.39 is 0 Å². The Morgan fingerprint density at radius 2 is 2.29 bits per heavy atom. The molecule has 0 unspecified atom stereocenters. The molecule has 0 bridgehead atoms. The summed E-state index contributed by atoms with van der Waals surface area (Å²) in [6.45, 7) is 0.441. The van der Waals surface area contributed by atoms with E-state index in [0.29, 0.717) is 12.3 Å². The molecular formula is C10H9NO3. The van der Waals surface area contributed by atoms with Gasteiger partial charge in [0.15, 0.2) is 5.76 Å². The Kier molecular flexibility index (Phi) is 2.36. The Morgan fingerprint density at radius 1 is 1.36 bits per heavy atom. The first-order valence-corrected chi connectivity index (χ1v) is 4.19. The third-order valence-corrected chi connectivity index (χ3v) is 1.78. The second-order valence-corrected chi connectivity index (χ2v) is 2.79. The Morgan fingerprint density at radius 3 is 2.93 bits per heavy atom. The maximum absolute atomic E-state index is 11.4. The molecule has 0 aliphatic carbocycles. The van der Waals surface area contributed by atoms with Gasteiger partial charge in [-0.05, 0) is 18.2 Å². The molecule has 0 saturated heterocycles. The average molecular weight is 191 g/mol. The van der Waals surface area contributed by atoms with Crippen LogP contribution in [0.25, 0.3) is 0 Å². The smallest absolute Gasteiger partial charge is 0.287 e. The molecule has 0 aliphatic rings. The molecule has 72 valence electrons. The van der Waals surface area contributed by atoms with Gasteiger partial charge in [-0.3, -0.25) is 4.79 Å². The summed E-state index contributed by atoms with van der Waals surface area (Å²) in [5.74, 6) is 0.0877. The number of furan rings is 2. The van der Waals surface area contributed by atoms with Gasteiger partial charge in [-0.1, -0.05) is 0 Å². The Labute approximate surface area is 80.5 Å². The highest BCUT2D eigenvalue weighted by atomic mass is 16.3. The molecule has 14 heavy (non-hydrogen) atoms. The summed E-state index contributed by atoms with van der Waals surface area (Å²) < 4.78 is 9.79. The van der Waals surface area contributed by atoms with Crippen molar-refractivity contribution in [2.24, 2.45) is 0 Å². The van der Waals surface area contributed by atoms with Crippen LogP contribution in [0.5, 0.6) is 0 Å². The fourth-order valence-electron chi connectivity index (χ4n) is 1.07. The Balaban J connectivity index is 1.90. The Bertz CT molecular complexity index is 389. The summed E-state index contributed by atoms with van der Waals surface area (Å²) >= 11 is 0. The van der Waals surface area contributed by atoms with Crippen molar-refractivity contribution in [2.75, 3.05) is 0 Å². The monoisotopic (exact) mass is 191 g/mol. The van der Waals surface area contributed by atoms with Gasteiger partial charge in [-0.2, -0.15) is 0 Å². The minimum atomic E-state index is -0.226. The van der Waals surface area contributed by atoms with Gasteiger partial charge in [0, 0.05) is 12.1 Å². The molecule has 4 nitrogen and oxygen atoms in total. The molecule has 0 spiro atoms. The van der Waals surface area contributed by atoms with Crippen molar-refractivity contribution in [1.82, 2.24) is 5.32 Å². The summed E-state index contributed by atoms with van der Waals surface area (Å²) in [4.78, 5) is 11.4. The fraction of sp³-hybridized carbons (Fsp3) is 0.100. The number of hydrogen-bond acceptors (Lipinski definition) is 3. The lowest BCUT2D eigenvalue weighted by atomic mass is 10.3. The van der Waals surface area contributed by atoms with Gasteiger partial charge < -0.3 is 14.2 Å². The number of nitrogens with one attached hydrogen (secondary N) is 1. The molecule has 0 fully saturated rings. The largest absolute Gasteiger partial charge is 0.472 e. The lowest BCUT2D eigenvalue weighted by molar-refractivity contribution is 0.0923. The highest BCUT2D eigenvalue weighted by molar-refractivity contribution is 5.91. The zero-order valence-electron chi connectivity index (χ0n) is 7.40. The summed E-state index contributed by atoms with van der Waals surface area (Å²) in [5, 5.41) is 2.69. The van der Waals surface area contributed by atoms with Crippen LogP contribution < -0.4 is 5.32 Å². The van der Waals surface area contributed by atoms with E-state index in [2.05, 4.69) is 5.32 Å². The standard InChI is InChI=1S/C10H9NO3/c12-10(9-2-1-4-14-9)11-6-8-3-5-13-7-8/h1-5,7H,6H2,(H,11,12). The minimum Gasteiger partial charge on any atom is -0.472 e. The van der Waals surface area contributed by atoms with Gasteiger partial charge in [0.2, 0.25) is 0 Å². The molecule has 0 radical (unpaired) electrons. The highest BCUT2D eigenvalue weighted by Gasteiger charge is 2.07. The number of carbonyl (C=O) groups is 1. The van der Waals surface area contributed by atoms with Crippen molar-refractivity contribution < 1.29 is 13.6 Å². The number of amides is 1. The maximum Gasteiger partial charge on any atom is 0.287 e. The third-order valence-electron chi connectivity index (χ3n) is 1.78. The highest BCUT2D eigenvalue weighted by Crippen LogP contribution is 2.02. The molecule has 0 atom stereocenters. The van der Waals surface area contributed by atoms with Gasteiger partial charge in [-0.25, -0.2) is 0 Å². The van der Waals surface area contributed by atoms with Crippen molar-refractivity contribution >= 4 is 5.91 Å². The molecule has 2 rings (SSSR count). The quantitative estimate of drug-likeness (QED) is 0.804. The second-order valence-electron chi connectivity index (χ2n) is 2.79. The first-order valence-electron chi connectivity index (χ1n) is 4.19. The van der Waals surface area contributed by atoms with Crippen molar-refractivity contribution in [3.63, 3.8) is 0 Å². The zero-order valence-corrected chi connectivity index (χ0v) is 7.40. The maximum atomic E-state index is 11.4.